The largest absolute Gasteiger partial charge is 0.382 e. The molecule has 0 bridgehead atoms. The molecule has 0 aliphatic heterocycles. The van der Waals surface area contributed by atoms with Crippen LogP contribution in [0.25, 0.3) is 16.6 Å². The number of nitrogen functional groups attached to an aromatic ring is 2. The number of anilines is 3. The first-order valence-electron chi connectivity index (χ1n) is 9.43. The lowest BCUT2D eigenvalue weighted by Crippen LogP contribution is -2.28. The van der Waals surface area contributed by atoms with E-state index >= 15 is 0 Å². The third-order valence-electron chi connectivity index (χ3n) is 4.84. The average molecular weight is 413 g/mol. The third-order valence-corrected chi connectivity index (χ3v) is 4.84. The quantitative estimate of drug-likeness (QED) is 0.455. The normalized spacial score (nSPS) is 11.8. The molecule has 0 aliphatic rings. The van der Waals surface area contributed by atoms with Crippen LogP contribution in [-0.4, -0.2) is 24.5 Å². The maximum Gasteiger partial charge on any atom is 0.266 e. The Kier molecular flexibility index (Phi) is 4.92. The zero-order valence-corrected chi connectivity index (χ0v) is 16.9. The fourth-order valence-electron chi connectivity index (χ4n) is 3.42. The minimum Gasteiger partial charge on any atom is -0.382 e. The topological polar surface area (TPSA) is 161 Å². The highest BCUT2D eigenvalue weighted by Crippen LogP contribution is 2.25. The van der Waals surface area contributed by atoms with E-state index < -0.39 is 6.04 Å². The first-order valence-corrected chi connectivity index (χ1v) is 9.43. The minimum atomic E-state index is -0.543. The zero-order chi connectivity index (χ0) is 22.1. The van der Waals surface area contributed by atoms with Crippen molar-refractivity contribution in [1.82, 2.24) is 24.5 Å². The van der Waals surface area contributed by atoms with E-state index in [1.807, 2.05) is 25.1 Å². The first-order chi connectivity index (χ1) is 14.9. The summed E-state index contributed by atoms with van der Waals surface area (Å²) in [6.07, 6.45) is 3.21. The van der Waals surface area contributed by atoms with Crippen LogP contribution >= 0.6 is 0 Å². The van der Waals surface area contributed by atoms with Gasteiger partial charge >= 0.3 is 0 Å². The van der Waals surface area contributed by atoms with Gasteiger partial charge in [0, 0.05) is 6.20 Å². The van der Waals surface area contributed by atoms with Crippen molar-refractivity contribution in [2.45, 2.75) is 19.9 Å². The molecule has 0 fully saturated rings. The maximum absolute atomic E-state index is 13.5. The van der Waals surface area contributed by atoms with Crippen LogP contribution in [0.15, 0.2) is 47.5 Å². The summed E-state index contributed by atoms with van der Waals surface area (Å²) in [5.41, 5.74) is 13.3. The first kappa shape index (κ1) is 19.8. The molecule has 4 aromatic rings. The molecule has 10 heteroatoms. The Bertz CT molecular complexity index is 1390. The van der Waals surface area contributed by atoms with Crippen molar-refractivity contribution in [3.63, 3.8) is 0 Å². The number of nitrogens with zero attached hydrogens (tertiary/aromatic N) is 6. The van der Waals surface area contributed by atoms with E-state index in [9.17, 15) is 10.1 Å². The summed E-state index contributed by atoms with van der Waals surface area (Å²) in [5, 5.41) is 13.1. The Balaban J connectivity index is 1.94. The molecule has 10 nitrogen and oxygen atoms in total. The third kappa shape index (κ3) is 3.49. The number of benzene rings is 1. The SMILES string of the molecule is Cc1cccc2nc(C(C)Nc3nc(N)nc(N)c3C#N)n(-c3cccnc3)c(=O)c12. The highest BCUT2D eigenvalue weighted by molar-refractivity contribution is 5.81. The lowest BCUT2D eigenvalue weighted by atomic mass is 10.1. The van der Waals surface area contributed by atoms with Gasteiger partial charge < -0.3 is 16.8 Å². The van der Waals surface area contributed by atoms with Crippen LogP contribution < -0.4 is 22.3 Å². The van der Waals surface area contributed by atoms with E-state index in [1.165, 1.54) is 4.57 Å². The van der Waals surface area contributed by atoms with Crippen molar-refractivity contribution < 1.29 is 0 Å². The van der Waals surface area contributed by atoms with Gasteiger partial charge in [0.15, 0.2) is 5.82 Å². The number of nitriles is 1. The Morgan fingerprint density at radius 3 is 2.68 bits per heavy atom. The van der Waals surface area contributed by atoms with E-state index in [4.69, 9.17) is 16.5 Å². The summed E-state index contributed by atoms with van der Waals surface area (Å²) in [6.45, 7) is 3.66. The highest BCUT2D eigenvalue weighted by Gasteiger charge is 2.21. The van der Waals surface area contributed by atoms with Crippen molar-refractivity contribution in [3.05, 3.63) is 70.0 Å². The minimum absolute atomic E-state index is 0.0311. The summed E-state index contributed by atoms with van der Waals surface area (Å²) in [6, 6.07) is 10.5. The van der Waals surface area contributed by atoms with Crippen LogP contribution in [0.5, 0.6) is 0 Å². The predicted octanol–water partition coefficient (Wildman–Crippen LogP) is 2.09. The van der Waals surface area contributed by atoms with Crippen LogP contribution in [0.4, 0.5) is 17.6 Å². The standard InChI is InChI=1S/C21H19N9O/c1-11-5-3-7-15-16(11)20(31)30(13-6-4-8-25-10-13)19(27-15)12(2)26-18-14(9-22)17(23)28-21(24)29-18/h3-8,10,12H,1-2H3,(H5,23,24,26,28,29). The van der Waals surface area contributed by atoms with Crippen LogP contribution in [-0.2, 0) is 0 Å². The second-order valence-electron chi connectivity index (χ2n) is 6.96. The Morgan fingerprint density at radius 1 is 1.16 bits per heavy atom. The van der Waals surface area contributed by atoms with E-state index in [1.54, 1.807) is 37.5 Å². The van der Waals surface area contributed by atoms with Crippen molar-refractivity contribution in [3.8, 4) is 11.8 Å². The molecule has 0 spiro atoms. The second kappa shape index (κ2) is 7.72. The number of aromatic nitrogens is 5. The van der Waals surface area contributed by atoms with Crippen molar-refractivity contribution in [2.24, 2.45) is 0 Å². The number of aryl methyl sites for hydroxylation is 1. The molecular formula is C21H19N9O. The Labute approximate surface area is 177 Å². The van der Waals surface area contributed by atoms with Crippen LogP contribution in [0.1, 0.15) is 29.9 Å². The van der Waals surface area contributed by atoms with E-state index in [-0.39, 0.29) is 28.7 Å². The number of nitrogens with two attached hydrogens (primary N) is 2. The molecule has 0 amide bonds. The van der Waals surface area contributed by atoms with Gasteiger partial charge in [-0.05, 0) is 37.6 Å². The van der Waals surface area contributed by atoms with Gasteiger partial charge in [-0.15, -0.1) is 0 Å². The summed E-state index contributed by atoms with van der Waals surface area (Å²) in [5.74, 6) is 0.474. The summed E-state index contributed by atoms with van der Waals surface area (Å²) in [4.78, 5) is 30.3. The molecule has 0 radical (unpaired) electrons. The monoisotopic (exact) mass is 413 g/mol. The highest BCUT2D eigenvalue weighted by atomic mass is 16.1. The van der Waals surface area contributed by atoms with Gasteiger partial charge in [0.05, 0.1) is 28.8 Å². The number of hydrogen-bond donors (Lipinski definition) is 3. The average Bonchev–Trinajstić information content (AvgIpc) is 2.74. The molecule has 1 unspecified atom stereocenters. The number of hydrogen-bond acceptors (Lipinski definition) is 9. The molecule has 5 N–H and O–H groups in total. The van der Waals surface area contributed by atoms with Crippen LogP contribution in [0.3, 0.4) is 0 Å². The Hall–Kier alpha value is -4.52. The lowest BCUT2D eigenvalue weighted by molar-refractivity contribution is 0.729. The lowest BCUT2D eigenvalue weighted by Gasteiger charge is -2.21. The Morgan fingerprint density at radius 2 is 1.97 bits per heavy atom. The molecule has 1 atom stereocenters. The molecule has 4 rings (SSSR count). The van der Waals surface area contributed by atoms with Crippen LogP contribution in [0.2, 0.25) is 0 Å². The van der Waals surface area contributed by atoms with Gasteiger partial charge in [-0.3, -0.25) is 14.3 Å². The fraction of sp³-hybridized carbons (Fsp3) is 0.143. The molecule has 154 valence electrons. The van der Waals surface area contributed by atoms with Crippen LogP contribution in [0, 0.1) is 18.3 Å². The number of nitrogens with one attached hydrogen (secondary N) is 1. The summed E-state index contributed by atoms with van der Waals surface area (Å²) in [7, 11) is 0. The zero-order valence-electron chi connectivity index (χ0n) is 16.9. The number of fused-ring (bicyclic) bond motifs is 1. The van der Waals surface area contributed by atoms with Gasteiger partial charge in [-0.25, -0.2) is 4.98 Å². The molecule has 3 heterocycles. The van der Waals surface area contributed by atoms with Crippen molar-refractivity contribution >= 4 is 28.5 Å². The predicted molar refractivity (Wildman–Crippen MR) is 117 cm³/mol. The maximum atomic E-state index is 13.5. The summed E-state index contributed by atoms with van der Waals surface area (Å²) >= 11 is 0. The number of pyridine rings is 1. The molecule has 0 saturated carbocycles. The van der Waals surface area contributed by atoms with E-state index in [0.717, 1.165) is 5.56 Å². The van der Waals surface area contributed by atoms with Gasteiger partial charge in [-0.1, -0.05) is 12.1 Å². The van der Waals surface area contributed by atoms with Gasteiger partial charge in [-0.2, -0.15) is 15.2 Å². The van der Waals surface area contributed by atoms with E-state index in [0.29, 0.717) is 22.4 Å². The number of rotatable bonds is 4. The van der Waals surface area contributed by atoms with Crippen molar-refractivity contribution in [1.29, 1.82) is 5.26 Å². The summed E-state index contributed by atoms with van der Waals surface area (Å²) < 4.78 is 1.50. The van der Waals surface area contributed by atoms with Crippen molar-refractivity contribution in [2.75, 3.05) is 16.8 Å². The molecule has 0 saturated heterocycles. The molecular weight excluding hydrogens is 394 g/mol. The van der Waals surface area contributed by atoms with E-state index in [2.05, 4.69) is 20.3 Å². The fourth-order valence-corrected chi connectivity index (χ4v) is 3.42. The molecule has 3 aromatic heterocycles. The molecule has 0 aliphatic carbocycles. The molecule has 31 heavy (non-hydrogen) atoms. The van der Waals surface area contributed by atoms with Gasteiger partial charge in [0.2, 0.25) is 5.95 Å². The smallest absolute Gasteiger partial charge is 0.266 e. The van der Waals surface area contributed by atoms with Gasteiger partial charge in [0.1, 0.15) is 23.3 Å². The second-order valence-corrected chi connectivity index (χ2v) is 6.96. The van der Waals surface area contributed by atoms with Gasteiger partial charge in [0.25, 0.3) is 5.56 Å². The molecule has 1 aromatic carbocycles.